The van der Waals surface area contributed by atoms with E-state index in [2.05, 4.69) is 95.6 Å². The van der Waals surface area contributed by atoms with Gasteiger partial charge in [0, 0.05) is 63.0 Å². The highest BCUT2D eigenvalue weighted by Crippen LogP contribution is 2.71. The van der Waals surface area contributed by atoms with E-state index < -0.39 is 66.4 Å². The molecule has 0 bridgehead atoms. The number of amides is 4. The lowest BCUT2D eigenvalue weighted by atomic mass is 9.67. The zero-order valence-corrected chi connectivity index (χ0v) is 56.9. The number of para-hydroxylation sites is 2. The van der Waals surface area contributed by atoms with Crippen molar-refractivity contribution < 1.29 is 38.2 Å². The summed E-state index contributed by atoms with van der Waals surface area (Å²) in [5.41, 5.74) is 7.73. The van der Waals surface area contributed by atoms with Gasteiger partial charge in [-0.15, -0.1) is 0 Å². The highest BCUT2D eigenvalue weighted by Gasteiger charge is 2.75. The van der Waals surface area contributed by atoms with E-state index >= 15 is 19.2 Å². The molecule has 6 aliphatic heterocycles. The first kappa shape index (κ1) is 63.7. The van der Waals surface area contributed by atoms with Crippen LogP contribution >= 0.6 is 62.8 Å². The second-order valence-electron chi connectivity index (χ2n) is 24.8. The van der Waals surface area contributed by atoms with E-state index in [-0.39, 0.29) is 49.7 Å². The molecule has 94 heavy (non-hydrogen) atoms. The molecule has 0 spiro atoms. The molecule has 4 fully saturated rings. The molecule has 0 aliphatic carbocycles. The topological polar surface area (TPSA) is 158 Å². The molecule has 6 aliphatic rings. The second kappa shape index (κ2) is 25.4. The lowest BCUT2D eigenvalue weighted by Gasteiger charge is -2.48. The van der Waals surface area contributed by atoms with Crippen molar-refractivity contribution in [3.8, 4) is 0 Å². The fourth-order valence-electron chi connectivity index (χ4n) is 15.6. The molecule has 478 valence electrons. The molecule has 14 rings (SSSR count). The maximum absolute atomic E-state index is 16.3. The van der Waals surface area contributed by atoms with E-state index in [4.69, 9.17) is 9.47 Å². The quantitative estimate of drug-likeness (QED) is 0.0397. The van der Waals surface area contributed by atoms with Gasteiger partial charge in [0.05, 0.1) is 0 Å². The fourth-order valence-corrected chi connectivity index (χ4v) is 28.0. The summed E-state index contributed by atoms with van der Waals surface area (Å²) in [6, 6.07) is 76.0. The molecule has 8 atom stereocenters. The number of esters is 2. The van der Waals surface area contributed by atoms with Crippen molar-refractivity contribution in [3.63, 3.8) is 0 Å². The van der Waals surface area contributed by atoms with E-state index in [1.54, 1.807) is 45.5 Å². The van der Waals surface area contributed by atoms with Crippen molar-refractivity contribution in [2.45, 2.75) is 94.0 Å². The van der Waals surface area contributed by atoms with Crippen molar-refractivity contribution in [2.24, 2.45) is 0 Å². The summed E-state index contributed by atoms with van der Waals surface area (Å²) in [7, 11) is 12.2. The monoisotopic (exact) mass is 1360 g/mol. The highest BCUT2D eigenvalue weighted by molar-refractivity contribution is 9.10. The predicted molar refractivity (Wildman–Crippen MR) is 379 cm³/mol. The van der Waals surface area contributed by atoms with Gasteiger partial charge in [-0.2, -0.15) is 0 Å². The molecule has 0 radical (unpaired) electrons. The van der Waals surface area contributed by atoms with Gasteiger partial charge in [-0.1, -0.05) is 240 Å². The van der Waals surface area contributed by atoms with E-state index in [0.29, 0.717) is 12.8 Å². The molecule has 4 amide bonds. The normalized spacial score (nSPS) is 24.9. The Hall–Kier alpha value is -7.72. The lowest BCUT2D eigenvalue weighted by Crippen LogP contribution is -2.70. The van der Waals surface area contributed by atoms with Crippen LogP contribution in [0.3, 0.4) is 0 Å². The summed E-state index contributed by atoms with van der Waals surface area (Å²) >= 11 is 0. The number of carbonyl (C=O) groups excluding carboxylic acids is 6. The molecular weight excluding hydrogens is 1290 g/mol. The standard InChI is InChI=1S/C74H68N6O8S6/c1-49(81)87-45-61-63(83)79-65-69(57-39-23-25-41-59(57)75-65,47-71(79,67(85)77(61)3)89-93-91-73(51-27-11-5-12-28-51,52-29-13-6-14-30-52)53-31-15-7-16-32-53)43-44-70-48-72(68(86)78(4)62(46-88-50(2)82)64(84)80(72)66(70)76-60-42-26-24-40-58(60)70)90-94-92-74(54-33-17-8-18-34-54,55-35-19-9-20-36-55)56-37-21-10-22-38-56/h5-42,61-62,65-66,75-76H,43-48H2,1-4H3/t61-,62-,65+,66+,69+,70+,71-,72-/m0/s1. The van der Waals surface area contributed by atoms with Crippen LogP contribution in [0.4, 0.5) is 11.4 Å². The van der Waals surface area contributed by atoms with Gasteiger partial charge in [0.25, 0.3) is 23.6 Å². The molecule has 8 aromatic carbocycles. The van der Waals surface area contributed by atoms with Crippen LogP contribution in [0.25, 0.3) is 0 Å². The fraction of sp³-hybridized carbons (Fsp3) is 0.270. The molecule has 8 aromatic rings. The molecule has 4 saturated heterocycles. The van der Waals surface area contributed by atoms with Gasteiger partial charge in [0.1, 0.15) is 47.1 Å². The summed E-state index contributed by atoms with van der Waals surface area (Å²) in [5.74, 6) is -2.48. The molecule has 0 saturated carbocycles. The van der Waals surface area contributed by atoms with Crippen LogP contribution in [-0.2, 0) is 58.6 Å². The average molecular weight is 1360 g/mol. The van der Waals surface area contributed by atoms with Crippen molar-refractivity contribution in [1.82, 2.24) is 19.6 Å². The number of hydrogen-bond donors (Lipinski definition) is 2. The van der Waals surface area contributed by atoms with Gasteiger partial charge >= 0.3 is 11.9 Å². The molecule has 0 aromatic heterocycles. The number of benzene rings is 8. The third-order valence-corrected chi connectivity index (χ3v) is 30.1. The largest absolute Gasteiger partial charge is 0.463 e. The highest BCUT2D eigenvalue weighted by atomic mass is 33.5. The van der Waals surface area contributed by atoms with Crippen LogP contribution in [0, 0.1) is 0 Å². The van der Waals surface area contributed by atoms with Crippen LogP contribution in [0.5, 0.6) is 0 Å². The number of carbonyl (C=O) groups is 6. The van der Waals surface area contributed by atoms with Gasteiger partial charge < -0.3 is 29.9 Å². The second-order valence-corrected chi connectivity index (χ2v) is 33.6. The number of nitrogens with one attached hydrogen (secondary N) is 2. The molecule has 0 unspecified atom stereocenters. The van der Waals surface area contributed by atoms with Crippen LogP contribution in [0.2, 0.25) is 0 Å². The number of ether oxygens (including phenoxy) is 2. The molecule has 2 N–H and O–H groups in total. The van der Waals surface area contributed by atoms with Crippen LogP contribution in [0.15, 0.2) is 231 Å². The summed E-state index contributed by atoms with van der Waals surface area (Å²) in [4.78, 5) is 93.3. The van der Waals surface area contributed by atoms with Gasteiger partial charge in [0.15, 0.2) is 9.74 Å². The third-order valence-electron chi connectivity index (χ3n) is 19.9. The Morgan fingerprint density at radius 2 is 0.713 bits per heavy atom. The number of likely N-dealkylation sites (N-methyl/N-ethyl adjacent to an activating group) is 2. The smallest absolute Gasteiger partial charge is 0.302 e. The van der Waals surface area contributed by atoms with Gasteiger partial charge in [-0.25, -0.2) is 0 Å². The van der Waals surface area contributed by atoms with Crippen LogP contribution in [0.1, 0.15) is 84.0 Å². The van der Waals surface area contributed by atoms with Crippen molar-refractivity contribution >= 4 is 110 Å². The first-order chi connectivity index (χ1) is 45.6. The molecule has 6 heterocycles. The minimum Gasteiger partial charge on any atom is -0.463 e. The zero-order valence-electron chi connectivity index (χ0n) is 52.0. The Balaban J connectivity index is 0.893. The minimum absolute atomic E-state index is 0.175. The zero-order chi connectivity index (χ0) is 65.0. The maximum Gasteiger partial charge on any atom is 0.302 e. The maximum atomic E-state index is 16.3. The predicted octanol–water partition coefficient (Wildman–Crippen LogP) is 13.9. The van der Waals surface area contributed by atoms with E-state index in [1.165, 1.54) is 64.9 Å². The Kier molecular flexibility index (Phi) is 17.2. The van der Waals surface area contributed by atoms with E-state index in [1.807, 2.05) is 146 Å². The molecule has 14 nitrogen and oxygen atoms in total. The Morgan fingerprint density at radius 1 is 0.436 bits per heavy atom. The van der Waals surface area contributed by atoms with E-state index in [9.17, 15) is 9.59 Å². The minimum atomic E-state index is -1.54. The van der Waals surface area contributed by atoms with Crippen molar-refractivity contribution in [3.05, 3.63) is 275 Å². The lowest BCUT2D eigenvalue weighted by molar-refractivity contribution is -0.166. The number of fused-ring (bicyclic) bond motifs is 10. The summed E-state index contributed by atoms with van der Waals surface area (Å²) in [6.45, 7) is 1.92. The van der Waals surface area contributed by atoms with Crippen LogP contribution < -0.4 is 10.6 Å². The number of piperazine rings is 2. The summed E-state index contributed by atoms with van der Waals surface area (Å²) in [6.07, 6.45) is -0.493. The van der Waals surface area contributed by atoms with Gasteiger partial charge in [0.2, 0.25) is 0 Å². The Bertz CT molecular complexity index is 3730. The number of hydrogen-bond acceptors (Lipinski definition) is 16. The van der Waals surface area contributed by atoms with Crippen molar-refractivity contribution in [1.29, 1.82) is 0 Å². The van der Waals surface area contributed by atoms with Crippen LogP contribution in [-0.4, -0.2) is 117 Å². The van der Waals surface area contributed by atoms with Crippen molar-refractivity contribution in [2.75, 3.05) is 37.9 Å². The van der Waals surface area contributed by atoms with Gasteiger partial charge in [-0.05, 0) is 111 Å². The molecular formula is C74H68N6O8S6. The number of anilines is 2. The SMILES string of the molecule is CC(=O)OC[C@H]1C(=O)N2[C@H]3Nc4ccccc4[C@@]3(CC[C@]34C[C@]5(SSSC(c6ccccc6)(c6ccccc6)c6ccccc6)C(=O)N(C)[C@@H](COC(C)=O)C(=O)N5[C@H]3Nc3ccccc34)C[C@]2(SSSC(c2ccccc2)(c2ccccc2)c2ccccc2)C(=O)N1C. The first-order valence-electron chi connectivity index (χ1n) is 31.3. The Morgan fingerprint density at radius 3 is 1.00 bits per heavy atom. The summed E-state index contributed by atoms with van der Waals surface area (Å²) in [5, 5.41) is 7.68. The summed E-state index contributed by atoms with van der Waals surface area (Å²) < 4.78 is 9.67. The third kappa shape index (κ3) is 10.2. The Labute approximate surface area is 570 Å². The van der Waals surface area contributed by atoms with Gasteiger partial charge in [-0.3, -0.25) is 38.6 Å². The average Bonchev–Trinajstić information content (AvgIpc) is 1.50. The number of nitrogens with zero attached hydrogens (tertiary/aromatic N) is 4. The molecule has 20 heteroatoms. The number of rotatable bonds is 21. The first-order valence-corrected chi connectivity index (χ1v) is 38.2. The van der Waals surface area contributed by atoms with E-state index in [0.717, 1.165) is 55.9 Å².